The number of ether oxygens (including phenoxy) is 1. The van der Waals surface area contributed by atoms with Crippen molar-refractivity contribution in [3.05, 3.63) is 75.0 Å². The molecule has 0 atom stereocenters. The first-order chi connectivity index (χ1) is 14.8. The van der Waals surface area contributed by atoms with E-state index in [1.54, 1.807) is 12.1 Å². The molecule has 160 valence electrons. The van der Waals surface area contributed by atoms with Gasteiger partial charge in [0.2, 0.25) is 0 Å². The Morgan fingerprint density at radius 1 is 1.10 bits per heavy atom. The number of rotatable bonds is 5. The van der Waals surface area contributed by atoms with Crippen molar-refractivity contribution in [2.45, 2.75) is 19.7 Å². The quantitative estimate of drug-likeness (QED) is 0.462. The summed E-state index contributed by atoms with van der Waals surface area (Å²) in [7, 11) is 1.49. The second-order valence-electron chi connectivity index (χ2n) is 6.70. The normalized spacial score (nSPS) is 11.6. The third-order valence-electron chi connectivity index (χ3n) is 4.67. The van der Waals surface area contributed by atoms with Gasteiger partial charge in [0.1, 0.15) is 6.61 Å². The van der Waals surface area contributed by atoms with E-state index in [4.69, 9.17) is 4.74 Å². The van der Waals surface area contributed by atoms with E-state index in [0.29, 0.717) is 11.3 Å². The average Bonchev–Trinajstić information content (AvgIpc) is 3.33. The van der Waals surface area contributed by atoms with Gasteiger partial charge >= 0.3 is 11.9 Å². The number of thiazole rings is 1. The Bertz CT molecular complexity index is 1290. The molecule has 0 aliphatic heterocycles. The first-order valence-corrected chi connectivity index (χ1v) is 9.96. The lowest BCUT2D eigenvalue weighted by Crippen LogP contribution is -2.23. The average molecular weight is 447 g/mol. The minimum Gasteiger partial charge on any atom is -0.465 e. The summed E-state index contributed by atoms with van der Waals surface area (Å²) in [6.45, 7) is 1.91. The molecule has 0 N–H and O–H groups in total. The van der Waals surface area contributed by atoms with Crippen molar-refractivity contribution in [1.29, 1.82) is 0 Å². The Labute approximate surface area is 178 Å². The van der Waals surface area contributed by atoms with Gasteiger partial charge in [-0.2, -0.15) is 22.5 Å². The zero-order chi connectivity index (χ0) is 22.2. The summed E-state index contributed by atoms with van der Waals surface area (Å²) in [6.07, 6.45) is -4.48. The molecule has 2 aromatic carbocycles. The van der Waals surface area contributed by atoms with Gasteiger partial charge in [0.05, 0.1) is 16.9 Å². The van der Waals surface area contributed by atoms with Crippen molar-refractivity contribution in [2.24, 2.45) is 7.05 Å². The number of tetrazole rings is 1. The van der Waals surface area contributed by atoms with Crippen LogP contribution < -0.4 is 10.4 Å². The predicted octanol–water partition coefficient (Wildman–Crippen LogP) is 4.00. The lowest BCUT2D eigenvalue weighted by atomic mass is 10.1. The van der Waals surface area contributed by atoms with E-state index in [2.05, 4.69) is 15.4 Å². The molecule has 11 heteroatoms. The fourth-order valence-corrected chi connectivity index (χ4v) is 3.74. The van der Waals surface area contributed by atoms with Crippen LogP contribution in [0.4, 0.5) is 13.2 Å². The van der Waals surface area contributed by atoms with Crippen molar-refractivity contribution < 1.29 is 17.9 Å². The molecule has 0 radical (unpaired) electrons. The minimum atomic E-state index is -4.48. The van der Waals surface area contributed by atoms with Gasteiger partial charge in [0, 0.05) is 23.6 Å². The molecule has 0 aliphatic rings. The molecule has 0 saturated heterocycles. The van der Waals surface area contributed by atoms with E-state index in [0.717, 1.165) is 27.6 Å². The van der Waals surface area contributed by atoms with Gasteiger partial charge in [-0.25, -0.2) is 9.78 Å². The Hall–Kier alpha value is -3.47. The SMILES string of the molecule is Cc1cccc(-n2nnn(C)c2=O)c1COc1nc(-c2ccccc2C(F)(F)F)cs1. The maximum Gasteiger partial charge on any atom is 0.417 e. The number of benzene rings is 2. The van der Waals surface area contributed by atoms with Crippen LogP contribution in [0.15, 0.2) is 52.6 Å². The third kappa shape index (κ3) is 4.08. The number of nitrogens with zero attached hydrogens (tertiary/aromatic N) is 5. The summed E-state index contributed by atoms with van der Waals surface area (Å²) < 4.78 is 47.9. The molecule has 0 bridgehead atoms. The summed E-state index contributed by atoms with van der Waals surface area (Å²) in [5.74, 6) is 0. The minimum absolute atomic E-state index is 0.0104. The van der Waals surface area contributed by atoms with E-state index in [9.17, 15) is 18.0 Å². The Balaban J connectivity index is 1.61. The van der Waals surface area contributed by atoms with Gasteiger partial charge in [-0.15, -0.1) is 0 Å². The summed E-state index contributed by atoms with van der Waals surface area (Å²) in [4.78, 5) is 16.5. The molecule has 0 amide bonds. The molecule has 0 spiro atoms. The smallest absolute Gasteiger partial charge is 0.417 e. The van der Waals surface area contributed by atoms with Crippen LogP contribution in [0.1, 0.15) is 16.7 Å². The van der Waals surface area contributed by atoms with Gasteiger partial charge in [0.25, 0.3) is 5.19 Å². The van der Waals surface area contributed by atoms with Crippen molar-refractivity contribution >= 4 is 11.3 Å². The van der Waals surface area contributed by atoms with Crippen molar-refractivity contribution in [1.82, 2.24) is 24.8 Å². The number of alkyl halides is 3. The van der Waals surface area contributed by atoms with E-state index < -0.39 is 17.4 Å². The van der Waals surface area contributed by atoms with Crippen molar-refractivity contribution in [2.75, 3.05) is 0 Å². The molecule has 4 rings (SSSR count). The molecule has 0 fully saturated rings. The lowest BCUT2D eigenvalue weighted by molar-refractivity contribution is -0.137. The number of hydrogen-bond donors (Lipinski definition) is 0. The van der Waals surface area contributed by atoms with Crippen LogP contribution in [0.25, 0.3) is 16.9 Å². The maximum absolute atomic E-state index is 13.3. The lowest BCUT2D eigenvalue weighted by Gasteiger charge is -2.12. The molecule has 0 aliphatic carbocycles. The van der Waals surface area contributed by atoms with Crippen LogP contribution >= 0.6 is 11.3 Å². The summed E-state index contributed by atoms with van der Waals surface area (Å²) >= 11 is 1.10. The molecule has 31 heavy (non-hydrogen) atoms. The fourth-order valence-electron chi connectivity index (χ4n) is 3.07. The Kier molecular flexibility index (Phi) is 5.36. The molecular formula is C20H16F3N5O2S. The van der Waals surface area contributed by atoms with E-state index in [1.165, 1.54) is 35.3 Å². The highest BCUT2D eigenvalue weighted by Crippen LogP contribution is 2.38. The largest absolute Gasteiger partial charge is 0.465 e. The van der Waals surface area contributed by atoms with Crippen molar-refractivity contribution in [3.8, 4) is 22.1 Å². The number of hydrogen-bond acceptors (Lipinski definition) is 6. The first-order valence-electron chi connectivity index (χ1n) is 9.08. The number of aryl methyl sites for hydroxylation is 2. The molecule has 2 heterocycles. The van der Waals surface area contributed by atoms with Gasteiger partial charge in [0.15, 0.2) is 0 Å². The van der Waals surface area contributed by atoms with E-state index in [1.807, 2.05) is 13.0 Å². The molecule has 2 aromatic heterocycles. The number of halogens is 3. The van der Waals surface area contributed by atoms with Gasteiger partial charge < -0.3 is 4.74 Å². The summed E-state index contributed by atoms with van der Waals surface area (Å²) in [5, 5.41) is 9.32. The highest BCUT2D eigenvalue weighted by Gasteiger charge is 2.33. The van der Waals surface area contributed by atoms with Crippen LogP contribution in [0.2, 0.25) is 0 Å². The summed E-state index contributed by atoms with van der Waals surface area (Å²) in [5.41, 5.74) is 1.07. The van der Waals surface area contributed by atoms with Crippen LogP contribution in [0.5, 0.6) is 5.19 Å². The zero-order valence-corrected chi connectivity index (χ0v) is 17.2. The monoisotopic (exact) mass is 447 g/mol. The molecular weight excluding hydrogens is 431 g/mol. The molecule has 0 unspecified atom stereocenters. The standard InChI is InChI=1S/C20H16F3N5O2S/c1-12-6-5-9-17(28-19(29)27(2)25-26-28)14(12)10-30-18-24-16(11-31-18)13-7-3-4-8-15(13)20(21,22)23/h3-9,11H,10H2,1-2H3. The Morgan fingerprint density at radius 3 is 2.58 bits per heavy atom. The van der Waals surface area contributed by atoms with Crippen LogP contribution in [-0.2, 0) is 19.8 Å². The van der Waals surface area contributed by atoms with Crippen LogP contribution in [-0.4, -0.2) is 24.8 Å². The maximum atomic E-state index is 13.3. The Morgan fingerprint density at radius 2 is 1.87 bits per heavy atom. The highest BCUT2D eigenvalue weighted by molar-refractivity contribution is 7.11. The molecule has 4 aromatic rings. The second kappa shape index (κ2) is 7.99. The molecule has 0 saturated carbocycles. The zero-order valence-electron chi connectivity index (χ0n) is 16.4. The van der Waals surface area contributed by atoms with E-state index in [-0.39, 0.29) is 23.1 Å². The third-order valence-corrected chi connectivity index (χ3v) is 5.42. The topological polar surface area (TPSA) is 74.8 Å². The van der Waals surface area contributed by atoms with Crippen LogP contribution in [0.3, 0.4) is 0 Å². The first kappa shape index (κ1) is 20.8. The highest BCUT2D eigenvalue weighted by atomic mass is 32.1. The fraction of sp³-hybridized carbons (Fsp3) is 0.200. The predicted molar refractivity (Wildman–Crippen MR) is 108 cm³/mol. The van der Waals surface area contributed by atoms with Crippen LogP contribution in [0, 0.1) is 6.92 Å². The summed E-state index contributed by atoms with van der Waals surface area (Å²) in [6, 6.07) is 10.6. The van der Waals surface area contributed by atoms with Gasteiger partial charge in [-0.1, -0.05) is 41.7 Å². The van der Waals surface area contributed by atoms with Gasteiger partial charge in [-0.3, -0.25) is 0 Å². The second-order valence-corrected chi connectivity index (χ2v) is 7.52. The molecule has 7 nitrogen and oxygen atoms in total. The number of aromatic nitrogens is 5. The van der Waals surface area contributed by atoms with Crippen molar-refractivity contribution in [3.63, 3.8) is 0 Å². The van der Waals surface area contributed by atoms with E-state index >= 15 is 0 Å². The van der Waals surface area contributed by atoms with Gasteiger partial charge in [-0.05, 0) is 35.0 Å².